The Bertz CT molecular complexity index is 1230. The van der Waals surface area contributed by atoms with Crippen molar-refractivity contribution in [3.63, 3.8) is 0 Å². The maximum absolute atomic E-state index is 13.5. The van der Waals surface area contributed by atoms with Gasteiger partial charge in [0.1, 0.15) is 11.5 Å². The van der Waals surface area contributed by atoms with Crippen molar-refractivity contribution in [2.24, 2.45) is 0 Å². The van der Waals surface area contributed by atoms with Crippen LogP contribution >= 0.6 is 0 Å². The zero-order valence-corrected chi connectivity index (χ0v) is 16.7. The number of hydrogen-bond donors (Lipinski definition) is 0. The van der Waals surface area contributed by atoms with E-state index in [1.165, 1.54) is 5.56 Å². The molecule has 0 amide bonds. The van der Waals surface area contributed by atoms with E-state index in [2.05, 4.69) is 6.92 Å². The van der Waals surface area contributed by atoms with Crippen LogP contribution in [-0.4, -0.2) is 23.8 Å². The maximum atomic E-state index is 13.5. The van der Waals surface area contributed by atoms with E-state index >= 15 is 0 Å². The first-order chi connectivity index (χ1) is 14.2. The van der Waals surface area contributed by atoms with Crippen molar-refractivity contribution in [1.82, 2.24) is 9.55 Å². The van der Waals surface area contributed by atoms with Crippen LogP contribution in [0.4, 0.5) is 0 Å². The lowest BCUT2D eigenvalue weighted by molar-refractivity contribution is 0.395. The molecule has 0 saturated carbocycles. The van der Waals surface area contributed by atoms with Gasteiger partial charge in [-0.05, 0) is 48.4 Å². The summed E-state index contributed by atoms with van der Waals surface area (Å²) in [4.78, 5) is 18.3. The summed E-state index contributed by atoms with van der Waals surface area (Å²) in [6.45, 7) is 2.10. The molecule has 4 rings (SSSR count). The van der Waals surface area contributed by atoms with Crippen LogP contribution in [0.3, 0.4) is 0 Å². The van der Waals surface area contributed by atoms with Crippen LogP contribution in [0.2, 0.25) is 0 Å². The topological polar surface area (TPSA) is 53.4 Å². The lowest BCUT2D eigenvalue weighted by Crippen LogP contribution is -2.22. The number of fused-ring (bicyclic) bond motifs is 1. The average Bonchev–Trinajstić information content (AvgIpc) is 2.78. The second-order valence-corrected chi connectivity index (χ2v) is 6.68. The van der Waals surface area contributed by atoms with Gasteiger partial charge in [-0.3, -0.25) is 9.36 Å². The Balaban J connectivity index is 2.06. The summed E-state index contributed by atoms with van der Waals surface area (Å²) < 4.78 is 12.5. The summed E-state index contributed by atoms with van der Waals surface area (Å²) >= 11 is 0. The van der Waals surface area contributed by atoms with E-state index in [9.17, 15) is 4.79 Å². The van der Waals surface area contributed by atoms with Crippen LogP contribution in [0.1, 0.15) is 12.5 Å². The molecule has 0 radical (unpaired) electrons. The summed E-state index contributed by atoms with van der Waals surface area (Å²) in [6, 6.07) is 20.9. The highest BCUT2D eigenvalue weighted by Gasteiger charge is 2.18. The van der Waals surface area contributed by atoms with Gasteiger partial charge in [0.05, 0.1) is 36.4 Å². The molecule has 1 heterocycles. The van der Waals surface area contributed by atoms with E-state index in [1.54, 1.807) is 30.9 Å². The Labute approximate surface area is 169 Å². The monoisotopic (exact) mass is 386 g/mol. The van der Waals surface area contributed by atoms with Crippen molar-refractivity contribution in [2.45, 2.75) is 13.3 Å². The predicted octanol–water partition coefficient (Wildman–Crippen LogP) is 4.63. The molecule has 0 unspecified atom stereocenters. The van der Waals surface area contributed by atoms with E-state index in [0.29, 0.717) is 28.2 Å². The summed E-state index contributed by atoms with van der Waals surface area (Å²) in [5, 5.41) is 0.572. The number of nitrogens with zero attached hydrogens (tertiary/aromatic N) is 2. The van der Waals surface area contributed by atoms with Crippen LogP contribution in [0.5, 0.6) is 11.5 Å². The van der Waals surface area contributed by atoms with E-state index in [0.717, 1.165) is 17.7 Å². The molecule has 3 aromatic carbocycles. The summed E-state index contributed by atoms with van der Waals surface area (Å²) in [7, 11) is 3.20. The maximum Gasteiger partial charge on any atom is 0.266 e. The predicted molar refractivity (Wildman–Crippen MR) is 115 cm³/mol. The summed E-state index contributed by atoms with van der Waals surface area (Å²) in [6.07, 6.45) is 0.935. The largest absolute Gasteiger partial charge is 0.497 e. The molecule has 0 N–H and O–H groups in total. The van der Waals surface area contributed by atoms with E-state index in [4.69, 9.17) is 14.5 Å². The molecule has 0 bridgehead atoms. The van der Waals surface area contributed by atoms with Gasteiger partial charge in [0, 0.05) is 6.07 Å². The lowest BCUT2D eigenvalue weighted by Gasteiger charge is -2.16. The van der Waals surface area contributed by atoms with Gasteiger partial charge < -0.3 is 9.47 Å². The molecule has 0 aliphatic rings. The Morgan fingerprint density at radius 3 is 2.38 bits per heavy atom. The Kier molecular flexibility index (Phi) is 5.04. The van der Waals surface area contributed by atoms with Gasteiger partial charge >= 0.3 is 0 Å². The second kappa shape index (κ2) is 7.80. The number of aromatic nitrogens is 2. The molecule has 146 valence electrons. The fourth-order valence-electron chi connectivity index (χ4n) is 3.42. The van der Waals surface area contributed by atoms with E-state index < -0.39 is 0 Å². The third kappa shape index (κ3) is 3.36. The minimum Gasteiger partial charge on any atom is -0.497 e. The highest BCUT2D eigenvalue weighted by atomic mass is 16.5. The highest BCUT2D eigenvalue weighted by molar-refractivity contribution is 5.81. The van der Waals surface area contributed by atoms with Crippen LogP contribution in [-0.2, 0) is 6.42 Å². The number of rotatable bonds is 5. The molecule has 0 aliphatic heterocycles. The van der Waals surface area contributed by atoms with Crippen molar-refractivity contribution in [1.29, 1.82) is 0 Å². The molecular formula is C24H22N2O3. The summed E-state index contributed by atoms with van der Waals surface area (Å²) in [5.74, 6) is 1.79. The van der Waals surface area contributed by atoms with Crippen molar-refractivity contribution >= 4 is 10.9 Å². The molecule has 1 aromatic heterocycles. The molecule has 29 heavy (non-hydrogen) atoms. The van der Waals surface area contributed by atoms with Crippen molar-refractivity contribution in [3.05, 3.63) is 82.6 Å². The number of aryl methyl sites for hydroxylation is 1. The Hall–Kier alpha value is -3.60. The first kappa shape index (κ1) is 18.7. The van der Waals surface area contributed by atoms with Crippen LogP contribution in [0, 0.1) is 0 Å². The third-order valence-electron chi connectivity index (χ3n) is 5.03. The SMILES string of the molecule is CCc1ccc(-n2c(-c3ccc(OC)cc3OC)nc3ccccc3c2=O)cc1. The number of hydrogen-bond acceptors (Lipinski definition) is 4. The number of benzene rings is 3. The van der Waals surface area contributed by atoms with Gasteiger partial charge in [-0.2, -0.15) is 0 Å². The number of methoxy groups -OCH3 is 2. The lowest BCUT2D eigenvalue weighted by atomic mass is 10.1. The van der Waals surface area contributed by atoms with Crippen LogP contribution in [0.25, 0.3) is 28.0 Å². The standard InChI is InChI=1S/C24H22N2O3/c1-4-16-9-11-17(12-10-16)26-23(20-14-13-18(28-2)15-22(20)29-3)25-21-8-6-5-7-19(21)24(26)27/h5-15H,4H2,1-3H3. The quantitative estimate of drug-likeness (QED) is 0.502. The fourth-order valence-corrected chi connectivity index (χ4v) is 3.42. The van der Waals surface area contributed by atoms with E-state index in [-0.39, 0.29) is 5.56 Å². The molecule has 5 heteroatoms. The smallest absolute Gasteiger partial charge is 0.266 e. The van der Waals surface area contributed by atoms with Crippen molar-refractivity contribution < 1.29 is 9.47 Å². The van der Waals surface area contributed by atoms with E-state index in [1.807, 2.05) is 54.6 Å². The average molecular weight is 386 g/mol. The molecule has 4 aromatic rings. The molecule has 5 nitrogen and oxygen atoms in total. The molecular weight excluding hydrogens is 364 g/mol. The Morgan fingerprint density at radius 1 is 0.931 bits per heavy atom. The molecule has 0 fully saturated rings. The minimum absolute atomic E-state index is 0.118. The van der Waals surface area contributed by atoms with Gasteiger partial charge in [0.25, 0.3) is 5.56 Å². The van der Waals surface area contributed by atoms with Gasteiger partial charge in [-0.25, -0.2) is 4.98 Å². The molecule has 0 saturated heterocycles. The third-order valence-corrected chi connectivity index (χ3v) is 5.03. The van der Waals surface area contributed by atoms with Crippen molar-refractivity contribution in [2.75, 3.05) is 14.2 Å². The molecule has 0 aliphatic carbocycles. The van der Waals surface area contributed by atoms with Gasteiger partial charge in [-0.15, -0.1) is 0 Å². The normalized spacial score (nSPS) is 10.9. The Morgan fingerprint density at radius 2 is 1.69 bits per heavy atom. The molecule has 0 spiro atoms. The van der Waals surface area contributed by atoms with Crippen molar-refractivity contribution in [3.8, 4) is 28.6 Å². The zero-order chi connectivity index (χ0) is 20.4. The number of para-hydroxylation sites is 1. The molecule has 0 atom stereocenters. The van der Waals surface area contributed by atoms with Crippen LogP contribution < -0.4 is 15.0 Å². The second-order valence-electron chi connectivity index (χ2n) is 6.68. The van der Waals surface area contributed by atoms with Gasteiger partial charge in [0.15, 0.2) is 5.82 Å². The first-order valence-electron chi connectivity index (χ1n) is 9.49. The number of ether oxygens (including phenoxy) is 2. The van der Waals surface area contributed by atoms with Crippen LogP contribution in [0.15, 0.2) is 71.5 Å². The fraction of sp³-hybridized carbons (Fsp3) is 0.167. The van der Waals surface area contributed by atoms with Gasteiger partial charge in [0.2, 0.25) is 0 Å². The zero-order valence-electron chi connectivity index (χ0n) is 16.7. The highest BCUT2D eigenvalue weighted by Crippen LogP contribution is 2.33. The first-order valence-corrected chi connectivity index (χ1v) is 9.49. The minimum atomic E-state index is -0.118. The summed E-state index contributed by atoms with van der Waals surface area (Å²) in [5.41, 5.74) is 3.22. The van der Waals surface area contributed by atoms with Gasteiger partial charge in [-0.1, -0.05) is 31.2 Å².